The third-order valence-corrected chi connectivity index (χ3v) is 7.58. The monoisotopic (exact) mass is 565 g/mol. The van der Waals surface area contributed by atoms with Crippen molar-refractivity contribution in [3.05, 3.63) is 95.6 Å². The first kappa shape index (κ1) is 26.4. The minimum absolute atomic E-state index is 0.329. The first-order valence-corrected chi connectivity index (χ1v) is 13.9. The molecule has 0 radical (unpaired) electrons. The maximum Gasteiger partial charge on any atom is 0.332 e. The van der Waals surface area contributed by atoms with E-state index >= 15 is 0 Å². The summed E-state index contributed by atoms with van der Waals surface area (Å²) in [7, 11) is 1.92. The minimum Gasteiger partial charge on any atom is -0.457 e. The molecule has 1 aliphatic rings. The number of ether oxygens (including phenoxy) is 1. The molecule has 0 saturated heterocycles. The number of thiophene rings is 1. The topological polar surface area (TPSA) is 121 Å². The van der Waals surface area contributed by atoms with Crippen molar-refractivity contribution in [2.75, 3.05) is 35.7 Å². The Morgan fingerprint density at radius 2 is 1.71 bits per heavy atom. The van der Waals surface area contributed by atoms with Crippen molar-refractivity contribution in [1.29, 1.82) is 0 Å². The molecule has 0 atom stereocenters. The Bertz CT molecular complexity index is 1690. The Kier molecular flexibility index (Phi) is 7.54. The Morgan fingerprint density at radius 1 is 0.951 bits per heavy atom. The van der Waals surface area contributed by atoms with Crippen LogP contribution in [-0.2, 0) is 6.54 Å². The van der Waals surface area contributed by atoms with Crippen molar-refractivity contribution >= 4 is 56.4 Å². The highest BCUT2D eigenvalue weighted by Crippen LogP contribution is 2.45. The van der Waals surface area contributed by atoms with Crippen LogP contribution in [0, 0.1) is 0 Å². The molecule has 0 bridgehead atoms. The van der Waals surface area contributed by atoms with Gasteiger partial charge in [-0.05, 0) is 61.1 Å². The highest BCUT2D eigenvalue weighted by Gasteiger charge is 2.33. The van der Waals surface area contributed by atoms with Gasteiger partial charge in [-0.1, -0.05) is 30.3 Å². The lowest BCUT2D eigenvalue weighted by Gasteiger charge is -2.27. The quantitative estimate of drug-likeness (QED) is 0.160. The van der Waals surface area contributed by atoms with Gasteiger partial charge in [-0.2, -0.15) is 0 Å². The van der Waals surface area contributed by atoms with Crippen LogP contribution in [-0.4, -0.2) is 42.0 Å². The third kappa shape index (κ3) is 5.59. The zero-order valence-electron chi connectivity index (χ0n) is 22.2. The first-order valence-electron chi connectivity index (χ1n) is 13.1. The van der Waals surface area contributed by atoms with Crippen molar-refractivity contribution in [3.8, 4) is 11.5 Å². The molecule has 2 aromatic heterocycles. The molecule has 4 N–H and O–H groups in total. The average molecular weight is 566 g/mol. The fourth-order valence-corrected chi connectivity index (χ4v) is 5.48. The number of hydrogen-bond acceptors (Lipinski definition) is 8. The Hall–Kier alpha value is -4.84. The van der Waals surface area contributed by atoms with Gasteiger partial charge in [0.05, 0.1) is 16.8 Å². The van der Waals surface area contributed by atoms with E-state index < -0.39 is 6.03 Å². The maximum absolute atomic E-state index is 13.4. The number of likely N-dealkylation sites (N-methyl/N-ethyl adjacent to an activating group) is 1. The van der Waals surface area contributed by atoms with Crippen LogP contribution in [0.5, 0.6) is 11.5 Å². The largest absolute Gasteiger partial charge is 0.457 e. The molecular weight excluding hydrogens is 538 g/mol. The summed E-state index contributed by atoms with van der Waals surface area (Å²) >= 11 is 1.21. The number of urea groups is 1. The molecule has 41 heavy (non-hydrogen) atoms. The number of benzene rings is 3. The van der Waals surface area contributed by atoms with E-state index in [1.54, 1.807) is 24.3 Å². The summed E-state index contributed by atoms with van der Waals surface area (Å²) in [6, 6.07) is 23.9. The van der Waals surface area contributed by atoms with Crippen LogP contribution in [0.25, 0.3) is 10.2 Å². The summed E-state index contributed by atoms with van der Waals surface area (Å²) in [6.07, 6.45) is 1.40. The number of hydrogen-bond donors (Lipinski definition) is 4. The number of carbonyl (C=O) groups excluding carboxylic acids is 2. The van der Waals surface area contributed by atoms with Gasteiger partial charge in [0.2, 0.25) is 0 Å². The van der Waals surface area contributed by atoms with Gasteiger partial charge in [0.15, 0.2) is 5.82 Å². The van der Waals surface area contributed by atoms with Crippen molar-refractivity contribution in [2.45, 2.75) is 6.54 Å². The average Bonchev–Trinajstić information content (AvgIpc) is 3.37. The Balaban J connectivity index is 1.22. The second-order valence-corrected chi connectivity index (χ2v) is 10.3. The third-order valence-electron chi connectivity index (χ3n) is 6.49. The Morgan fingerprint density at radius 3 is 2.46 bits per heavy atom. The number of nitrogens with zero attached hydrogens (tertiary/aromatic N) is 3. The smallest absolute Gasteiger partial charge is 0.332 e. The van der Waals surface area contributed by atoms with Gasteiger partial charge in [-0.3, -0.25) is 4.79 Å². The van der Waals surface area contributed by atoms with E-state index in [-0.39, 0.29) is 5.91 Å². The summed E-state index contributed by atoms with van der Waals surface area (Å²) in [6.45, 7) is 2.50. The second-order valence-electron chi connectivity index (χ2n) is 9.29. The number of para-hydroxylation sites is 1. The number of carbonyl (C=O) groups is 2. The lowest BCUT2D eigenvalue weighted by atomic mass is 10.2. The molecule has 3 amide bonds. The van der Waals surface area contributed by atoms with E-state index in [9.17, 15) is 9.59 Å². The van der Waals surface area contributed by atoms with Crippen molar-refractivity contribution in [1.82, 2.24) is 20.6 Å². The number of rotatable bonds is 10. The molecule has 0 saturated carbocycles. The molecule has 0 aliphatic carbocycles. The van der Waals surface area contributed by atoms with E-state index in [1.807, 2.05) is 61.6 Å². The number of aromatic nitrogens is 2. The second kappa shape index (κ2) is 11.7. The molecule has 1 aliphatic heterocycles. The van der Waals surface area contributed by atoms with Crippen LogP contribution >= 0.6 is 11.3 Å². The van der Waals surface area contributed by atoms with Gasteiger partial charge in [-0.25, -0.2) is 19.7 Å². The summed E-state index contributed by atoms with van der Waals surface area (Å²) in [5, 5.41) is 12.9. The highest BCUT2D eigenvalue weighted by atomic mass is 32.1. The summed E-state index contributed by atoms with van der Waals surface area (Å²) < 4.78 is 5.88. The Labute approximate surface area is 240 Å². The maximum atomic E-state index is 13.4. The summed E-state index contributed by atoms with van der Waals surface area (Å²) in [5.74, 6) is 1.44. The molecule has 5 aromatic rings. The molecule has 3 aromatic carbocycles. The molecule has 10 nitrogen and oxygen atoms in total. The predicted octanol–water partition coefficient (Wildman–Crippen LogP) is 5.73. The molecule has 6 rings (SSSR count). The molecule has 206 valence electrons. The van der Waals surface area contributed by atoms with Crippen LogP contribution in [0.2, 0.25) is 0 Å². The number of nitrogens with one attached hydrogen (secondary N) is 4. The van der Waals surface area contributed by atoms with Gasteiger partial charge in [-0.15, -0.1) is 11.3 Å². The van der Waals surface area contributed by atoms with Crippen molar-refractivity contribution in [3.63, 3.8) is 0 Å². The fraction of sp³-hybridized carbons (Fsp3) is 0.133. The van der Waals surface area contributed by atoms with Gasteiger partial charge in [0, 0.05) is 25.3 Å². The fourth-order valence-electron chi connectivity index (χ4n) is 4.49. The van der Waals surface area contributed by atoms with Gasteiger partial charge < -0.3 is 26.0 Å². The van der Waals surface area contributed by atoms with E-state index in [4.69, 9.17) is 4.74 Å². The summed E-state index contributed by atoms with van der Waals surface area (Å²) in [4.78, 5) is 37.9. The molecule has 3 heterocycles. The lowest BCUT2D eigenvalue weighted by molar-refractivity contribution is 0.103. The van der Waals surface area contributed by atoms with Crippen LogP contribution in [0.4, 0.5) is 27.7 Å². The lowest BCUT2D eigenvalue weighted by Crippen LogP contribution is -2.35. The van der Waals surface area contributed by atoms with Crippen molar-refractivity contribution < 1.29 is 14.3 Å². The van der Waals surface area contributed by atoms with Crippen LogP contribution < -0.4 is 30.9 Å². The van der Waals surface area contributed by atoms with E-state index in [2.05, 4.69) is 31.2 Å². The molecule has 0 unspecified atom stereocenters. The molecule has 11 heteroatoms. The first-order chi connectivity index (χ1) is 20.1. The van der Waals surface area contributed by atoms with Gasteiger partial charge in [0.25, 0.3) is 5.91 Å². The van der Waals surface area contributed by atoms with E-state index in [0.29, 0.717) is 43.7 Å². The number of amides is 3. The van der Waals surface area contributed by atoms with Gasteiger partial charge in [0.1, 0.15) is 27.5 Å². The number of anilines is 4. The van der Waals surface area contributed by atoms with E-state index in [1.165, 1.54) is 22.6 Å². The zero-order chi connectivity index (χ0) is 28.2. The van der Waals surface area contributed by atoms with Crippen LogP contribution in [0.15, 0.2) is 85.2 Å². The van der Waals surface area contributed by atoms with Gasteiger partial charge >= 0.3 is 6.03 Å². The zero-order valence-corrected chi connectivity index (χ0v) is 23.0. The predicted molar refractivity (Wildman–Crippen MR) is 162 cm³/mol. The molecule has 0 fully saturated rings. The van der Waals surface area contributed by atoms with Crippen molar-refractivity contribution in [2.24, 2.45) is 0 Å². The normalized spacial score (nSPS) is 12.3. The summed E-state index contributed by atoms with van der Waals surface area (Å²) in [5.41, 5.74) is 2.79. The van der Waals surface area contributed by atoms with Crippen LogP contribution in [0.1, 0.15) is 15.2 Å². The van der Waals surface area contributed by atoms with Crippen LogP contribution in [0.3, 0.4) is 0 Å². The standard InChI is InChI=1S/C30H27N7O3S/c1-31-15-16-32-17-19-7-9-20(10-8-19)35-28(38)26-25-24-27(33-18-34-29(24)41-26)37(30(39)36-25)21-11-13-23(14-12-21)40-22-5-3-2-4-6-22/h2-14,18,31-32H,15-17H2,1H3,(H,35,38)(H,36,39). The highest BCUT2D eigenvalue weighted by molar-refractivity contribution is 7.21. The van der Waals surface area contributed by atoms with E-state index in [0.717, 1.165) is 30.9 Å². The molecular formula is C30H27N7O3S. The minimum atomic E-state index is -0.420. The molecule has 0 spiro atoms. The SMILES string of the molecule is CNCCNCc1ccc(NC(=O)c2sc3ncnc4c3c2NC(=O)N4c2ccc(Oc3ccccc3)cc2)cc1.